The number of carbonyl (C=O) groups is 1. The molecule has 3 aliphatic heterocycles. The Kier molecular flexibility index (Phi) is 4.40. The topological polar surface area (TPSA) is 43.8 Å². The van der Waals surface area contributed by atoms with Crippen LogP contribution in [0.1, 0.15) is 32.3 Å². The van der Waals surface area contributed by atoms with Crippen molar-refractivity contribution in [2.45, 2.75) is 38.3 Å². The molecule has 3 saturated heterocycles. The van der Waals surface area contributed by atoms with Gasteiger partial charge in [-0.15, -0.1) is 0 Å². The van der Waals surface area contributed by atoms with Gasteiger partial charge in [0.1, 0.15) is 5.82 Å². The molecule has 0 spiro atoms. The Morgan fingerprint density at radius 3 is 2.52 bits per heavy atom. The van der Waals surface area contributed by atoms with Gasteiger partial charge < -0.3 is 10.0 Å². The highest BCUT2D eigenvalue weighted by molar-refractivity contribution is 9.10. The molecular formula is C17H22BrFN2O2. The van der Waals surface area contributed by atoms with Crippen LogP contribution in [0.5, 0.6) is 0 Å². The molecule has 0 aromatic heterocycles. The van der Waals surface area contributed by atoms with Crippen molar-refractivity contribution in [1.82, 2.24) is 9.80 Å². The summed E-state index contributed by atoms with van der Waals surface area (Å²) in [5, 5.41) is 9.90. The number of nitrogens with zero attached hydrogens (tertiary/aromatic N) is 2. The summed E-state index contributed by atoms with van der Waals surface area (Å²) in [7, 11) is 0. The average Bonchev–Trinajstić information content (AvgIpc) is 2.50. The molecule has 4 rings (SSSR count). The van der Waals surface area contributed by atoms with Gasteiger partial charge in [0.2, 0.25) is 0 Å². The first kappa shape index (κ1) is 16.7. The van der Waals surface area contributed by atoms with E-state index < -0.39 is 11.6 Å². The SMILES string of the molecule is CC(C)(c1ccc(F)c(Br)c1)N(C(=O)O)C1CN2CCC1CC2. The molecule has 1 unspecified atom stereocenters. The highest BCUT2D eigenvalue weighted by atomic mass is 79.9. The minimum absolute atomic E-state index is 0.00571. The molecule has 2 bridgehead atoms. The van der Waals surface area contributed by atoms with E-state index in [0.717, 1.165) is 38.0 Å². The number of carboxylic acid groups (broad SMARTS) is 1. The number of halogens is 2. The van der Waals surface area contributed by atoms with Crippen LogP contribution in [-0.4, -0.2) is 46.7 Å². The summed E-state index contributed by atoms with van der Waals surface area (Å²) in [5.41, 5.74) is 0.0790. The van der Waals surface area contributed by atoms with Gasteiger partial charge in [0.05, 0.1) is 16.1 Å². The molecule has 1 aromatic carbocycles. The molecule has 3 heterocycles. The van der Waals surface area contributed by atoms with Crippen molar-refractivity contribution in [2.75, 3.05) is 19.6 Å². The summed E-state index contributed by atoms with van der Waals surface area (Å²) in [5.74, 6) is 0.0773. The van der Waals surface area contributed by atoms with Crippen LogP contribution in [0.3, 0.4) is 0 Å². The highest BCUT2D eigenvalue weighted by Crippen LogP contribution is 2.39. The van der Waals surface area contributed by atoms with Crippen LogP contribution >= 0.6 is 15.9 Å². The molecular weight excluding hydrogens is 363 g/mol. The van der Waals surface area contributed by atoms with Crippen molar-refractivity contribution in [3.8, 4) is 0 Å². The maximum Gasteiger partial charge on any atom is 0.408 e. The molecule has 1 atom stereocenters. The van der Waals surface area contributed by atoms with Crippen molar-refractivity contribution >= 4 is 22.0 Å². The van der Waals surface area contributed by atoms with Gasteiger partial charge in [-0.1, -0.05) is 6.07 Å². The van der Waals surface area contributed by atoms with E-state index in [2.05, 4.69) is 20.8 Å². The third-order valence-corrected chi connectivity index (χ3v) is 6.00. The van der Waals surface area contributed by atoms with Crippen LogP contribution < -0.4 is 0 Å². The van der Waals surface area contributed by atoms with Gasteiger partial charge in [-0.25, -0.2) is 9.18 Å². The van der Waals surface area contributed by atoms with E-state index in [1.54, 1.807) is 17.0 Å². The Morgan fingerprint density at radius 2 is 2.04 bits per heavy atom. The van der Waals surface area contributed by atoms with Gasteiger partial charge in [0.25, 0.3) is 0 Å². The van der Waals surface area contributed by atoms with Crippen molar-refractivity contribution in [3.05, 3.63) is 34.1 Å². The van der Waals surface area contributed by atoms with Gasteiger partial charge in [0.15, 0.2) is 0 Å². The summed E-state index contributed by atoms with van der Waals surface area (Å²) >= 11 is 3.20. The first-order chi connectivity index (χ1) is 10.8. The van der Waals surface area contributed by atoms with Gasteiger partial charge in [-0.2, -0.15) is 0 Å². The Bertz CT molecular complexity index is 615. The molecule has 23 heavy (non-hydrogen) atoms. The maximum absolute atomic E-state index is 13.5. The highest BCUT2D eigenvalue weighted by Gasteiger charge is 2.45. The number of hydrogen-bond acceptors (Lipinski definition) is 2. The Morgan fingerprint density at radius 1 is 1.39 bits per heavy atom. The monoisotopic (exact) mass is 384 g/mol. The fourth-order valence-electron chi connectivity index (χ4n) is 4.04. The fourth-order valence-corrected chi connectivity index (χ4v) is 4.42. The Labute approximate surface area is 144 Å². The molecule has 1 amide bonds. The van der Waals surface area contributed by atoms with Crippen LogP contribution in [0.4, 0.5) is 9.18 Å². The molecule has 0 radical (unpaired) electrons. The van der Waals surface area contributed by atoms with Crippen LogP contribution in [0.25, 0.3) is 0 Å². The lowest BCUT2D eigenvalue weighted by molar-refractivity contribution is -0.0289. The standard InChI is InChI=1S/C17H22BrFN2O2/c1-17(2,12-3-4-14(19)13(18)9-12)21(16(22)23)15-10-20-7-5-11(15)6-8-20/h3-4,9,11,15H,5-8,10H2,1-2H3,(H,22,23). The van der Waals surface area contributed by atoms with Gasteiger partial charge >= 0.3 is 6.09 Å². The lowest BCUT2D eigenvalue weighted by Crippen LogP contribution is -2.62. The van der Waals surface area contributed by atoms with Crippen molar-refractivity contribution < 1.29 is 14.3 Å². The number of fused-ring (bicyclic) bond motifs is 3. The average molecular weight is 385 g/mol. The van der Waals surface area contributed by atoms with E-state index in [1.807, 2.05) is 13.8 Å². The van der Waals surface area contributed by atoms with Crippen LogP contribution in [0, 0.1) is 11.7 Å². The number of hydrogen-bond donors (Lipinski definition) is 1. The number of benzene rings is 1. The van der Waals surface area contributed by atoms with Crippen LogP contribution in [-0.2, 0) is 5.54 Å². The smallest absolute Gasteiger partial charge is 0.408 e. The van der Waals surface area contributed by atoms with E-state index in [1.165, 1.54) is 6.07 Å². The van der Waals surface area contributed by atoms with Crippen molar-refractivity contribution in [2.24, 2.45) is 5.92 Å². The van der Waals surface area contributed by atoms with Crippen molar-refractivity contribution in [1.29, 1.82) is 0 Å². The van der Waals surface area contributed by atoms with Gasteiger partial charge in [0, 0.05) is 6.54 Å². The summed E-state index contributed by atoms with van der Waals surface area (Å²) in [6.07, 6.45) is 1.20. The number of piperidine rings is 3. The van der Waals surface area contributed by atoms with Crippen LogP contribution in [0.15, 0.2) is 22.7 Å². The normalized spacial score (nSPS) is 27.0. The predicted octanol–water partition coefficient (Wildman–Crippen LogP) is 3.90. The molecule has 0 saturated carbocycles. The molecule has 0 aliphatic carbocycles. The minimum Gasteiger partial charge on any atom is -0.465 e. The van der Waals surface area contributed by atoms with E-state index in [9.17, 15) is 14.3 Å². The molecule has 1 aromatic rings. The summed E-state index contributed by atoms with van der Waals surface area (Å²) in [6, 6.07) is 4.75. The zero-order valence-electron chi connectivity index (χ0n) is 13.4. The molecule has 126 valence electrons. The first-order valence-electron chi connectivity index (χ1n) is 8.01. The zero-order chi connectivity index (χ0) is 16.8. The largest absolute Gasteiger partial charge is 0.465 e. The second-order valence-electron chi connectivity index (χ2n) is 7.05. The van der Waals surface area contributed by atoms with E-state index >= 15 is 0 Å². The Balaban J connectivity index is 1.96. The maximum atomic E-state index is 13.5. The van der Waals surface area contributed by atoms with E-state index in [-0.39, 0.29) is 11.9 Å². The second kappa shape index (κ2) is 6.06. The second-order valence-corrected chi connectivity index (χ2v) is 7.90. The summed E-state index contributed by atoms with van der Waals surface area (Å²) in [6.45, 7) is 6.73. The summed E-state index contributed by atoms with van der Waals surface area (Å²) in [4.78, 5) is 16.0. The first-order valence-corrected chi connectivity index (χ1v) is 8.80. The Hall–Kier alpha value is -1.14. The summed E-state index contributed by atoms with van der Waals surface area (Å²) < 4.78 is 13.9. The third-order valence-electron chi connectivity index (χ3n) is 5.39. The fraction of sp³-hybridized carbons (Fsp3) is 0.588. The number of amides is 1. The van der Waals surface area contributed by atoms with Crippen LogP contribution in [0.2, 0.25) is 0 Å². The van der Waals surface area contributed by atoms with E-state index in [4.69, 9.17) is 0 Å². The minimum atomic E-state index is -0.908. The van der Waals surface area contributed by atoms with E-state index in [0.29, 0.717) is 10.4 Å². The molecule has 3 fully saturated rings. The molecule has 1 N–H and O–H groups in total. The lowest BCUT2D eigenvalue weighted by atomic mass is 9.80. The molecule has 4 nitrogen and oxygen atoms in total. The molecule has 3 aliphatic rings. The lowest BCUT2D eigenvalue weighted by Gasteiger charge is -2.52. The number of rotatable bonds is 3. The zero-order valence-corrected chi connectivity index (χ0v) is 15.0. The van der Waals surface area contributed by atoms with Gasteiger partial charge in [-0.05, 0) is 79.3 Å². The quantitative estimate of drug-likeness (QED) is 0.859. The van der Waals surface area contributed by atoms with Crippen molar-refractivity contribution in [3.63, 3.8) is 0 Å². The van der Waals surface area contributed by atoms with Gasteiger partial charge in [-0.3, -0.25) is 4.90 Å². The predicted molar refractivity (Wildman–Crippen MR) is 89.9 cm³/mol. The molecule has 6 heteroatoms. The third kappa shape index (κ3) is 2.98.